The first-order chi connectivity index (χ1) is 10.8. The van der Waals surface area contributed by atoms with Crippen LogP contribution in [0.1, 0.15) is 27.2 Å². The van der Waals surface area contributed by atoms with Crippen LogP contribution in [0.5, 0.6) is 5.75 Å². The van der Waals surface area contributed by atoms with Gasteiger partial charge in [0.2, 0.25) is 5.91 Å². The second-order valence-corrected chi connectivity index (χ2v) is 5.47. The van der Waals surface area contributed by atoms with E-state index in [1.807, 2.05) is 0 Å². The van der Waals surface area contributed by atoms with Crippen molar-refractivity contribution in [3.05, 3.63) is 28.3 Å². The van der Waals surface area contributed by atoms with Gasteiger partial charge in [0.15, 0.2) is 5.75 Å². The van der Waals surface area contributed by atoms with E-state index in [4.69, 9.17) is 4.74 Å². The molecule has 2 rings (SSSR count). The van der Waals surface area contributed by atoms with Gasteiger partial charge < -0.3 is 10.1 Å². The SMILES string of the molecule is CCOc1cc(NC2CC(=O)N(C(C)C)C2=O)ccc1[N+](=O)[O-]. The number of nitrogens with zero attached hydrogens (tertiary/aromatic N) is 2. The number of hydrogen-bond donors (Lipinski definition) is 1. The summed E-state index contributed by atoms with van der Waals surface area (Å²) in [6.45, 7) is 5.56. The molecular formula is C15H19N3O5. The maximum atomic E-state index is 12.3. The molecule has 1 unspecified atom stereocenters. The number of hydrogen-bond acceptors (Lipinski definition) is 6. The Bertz CT molecular complexity index is 644. The summed E-state index contributed by atoms with van der Waals surface area (Å²) in [4.78, 5) is 35.8. The molecule has 1 heterocycles. The van der Waals surface area contributed by atoms with Crippen molar-refractivity contribution >= 4 is 23.2 Å². The van der Waals surface area contributed by atoms with Crippen LogP contribution in [-0.2, 0) is 9.59 Å². The number of rotatable bonds is 6. The van der Waals surface area contributed by atoms with E-state index in [0.717, 1.165) is 0 Å². The van der Waals surface area contributed by atoms with Crippen LogP contribution in [0.25, 0.3) is 0 Å². The molecule has 0 spiro atoms. The molecular weight excluding hydrogens is 302 g/mol. The quantitative estimate of drug-likeness (QED) is 0.488. The molecule has 0 bridgehead atoms. The summed E-state index contributed by atoms with van der Waals surface area (Å²) in [7, 11) is 0. The Balaban J connectivity index is 2.21. The Hall–Kier alpha value is -2.64. The van der Waals surface area contributed by atoms with Crippen molar-refractivity contribution in [2.75, 3.05) is 11.9 Å². The highest BCUT2D eigenvalue weighted by atomic mass is 16.6. The molecule has 1 aromatic rings. The number of nitrogens with one attached hydrogen (secondary N) is 1. The van der Waals surface area contributed by atoms with Crippen LogP contribution in [0.4, 0.5) is 11.4 Å². The van der Waals surface area contributed by atoms with Gasteiger partial charge in [-0.25, -0.2) is 0 Å². The molecule has 0 aliphatic carbocycles. The number of amides is 2. The number of benzene rings is 1. The largest absolute Gasteiger partial charge is 0.487 e. The van der Waals surface area contributed by atoms with Crippen molar-refractivity contribution in [1.82, 2.24) is 4.90 Å². The Morgan fingerprint density at radius 1 is 1.43 bits per heavy atom. The molecule has 1 N–H and O–H groups in total. The summed E-state index contributed by atoms with van der Waals surface area (Å²) in [5.41, 5.74) is 0.353. The predicted molar refractivity (Wildman–Crippen MR) is 83.3 cm³/mol. The van der Waals surface area contributed by atoms with Crippen molar-refractivity contribution in [2.45, 2.75) is 39.3 Å². The van der Waals surface area contributed by atoms with Crippen LogP contribution >= 0.6 is 0 Å². The Labute approximate surface area is 133 Å². The number of carbonyl (C=O) groups is 2. The fraction of sp³-hybridized carbons (Fsp3) is 0.467. The molecule has 0 radical (unpaired) electrons. The van der Waals surface area contributed by atoms with Gasteiger partial charge in [0, 0.05) is 23.9 Å². The van der Waals surface area contributed by atoms with Gasteiger partial charge in [-0.05, 0) is 26.8 Å². The molecule has 0 aromatic heterocycles. The maximum Gasteiger partial charge on any atom is 0.311 e. The van der Waals surface area contributed by atoms with Gasteiger partial charge in [-0.1, -0.05) is 0 Å². The van der Waals surface area contributed by atoms with Crippen LogP contribution in [0, 0.1) is 10.1 Å². The van der Waals surface area contributed by atoms with Gasteiger partial charge in [0.05, 0.1) is 18.0 Å². The van der Waals surface area contributed by atoms with E-state index in [9.17, 15) is 19.7 Å². The lowest BCUT2D eigenvalue weighted by Gasteiger charge is -2.19. The number of carbonyl (C=O) groups excluding carboxylic acids is 2. The van der Waals surface area contributed by atoms with E-state index in [1.165, 1.54) is 23.1 Å². The van der Waals surface area contributed by atoms with E-state index in [-0.39, 0.29) is 42.3 Å². The summed E-state index contributed by atoms with van der Waals surface area (Å²) < 4.78 is 5.27. The molecule has 1 aliphatic rings. The molecule has 2 amide bonds. The minimum absolute atomic E-state index is 0.0674. The van der Waals surface area contributed by atoms with Crippen molar-refractivity contribution in [3.8, 4) is 5.75 Å². The fourth-order valence-electron chi connectivity index (χ4n) is 2.53. The summed E-state index contributed by atoms with van der Waals surface area (Å²) in [6, 6.07) is 3.42. The van der Waals surface area contributed by atoms with Crippen molar-refractivity contribution in [2.24, 2.45) is 0 Å². The van der Waals surface area contributed by atoms with E-state index >= 15 is 0 Å². The molecule has 1 atom stereocenters. The van der Waals surface area contributed by atoms with Crippen LogP contribution in [0.2, 0.25) is 0 Å². The molecule has 8 heteroatoms. The standard InChI is InChI=1S/C15H19N3O5/c1-4-23-13-7-10(5-6-12(13)18(21)22)16-11-8-14(19)17(9(2)3)15(11)20/h5-7,9,11,16H,4,8H2,1-3H3. The molecule has 1 fully saturated rings. The normalized spacial score (nSPS) is 17.7. The lowest BCUT2D eigenvalue weighted by atomic mass is 10.2. The number of anilines is 1. The first-order valence-electron chi connectivity index (χ1n) is 7.38. The van der Waals surface area contributed by atoms with E-state index < -0.39 is 11.0 Å². The average molecular weight is 321 g/mol. The molecule has 1 aliphatic heterocycles. The lowest BCUT2D eigenvalue weighted by molar-refractivity contribution is -0.385. The third-order valence-electron chi connectivity index (χ3n) is 3.50. The summed E-state index contributed by atoms with van der Waals surface area (Å²) in [5.74, 6) is -0.393. The average Bonchev–Trinajstić information content (AvgIpc) is 2.73. The molecule has 8 nitrogen and oxygen atoms in total. The second-order valence-electron chi connectivity index (χ2n) is 5.47. The van der Waals surface area contributed by atoms with E-state index in [2.05, 4.69) is 5.32 Å². The van der Waals surface area contributed by atoms with Crippen LogP contribution < -0.4 is 10.1 Å². The van der Waals surface area contributed by atoms with Gasteiger partial charge in [-0.2, -0.15) is 0 Å². The van der Waals surface area contributed by atoms with E-state index in [0.29, 0.717) is 5.69 Å². The van der Waals surface area contributed by atoms with E-state index in [1.54, 1.807) is 20.8 Å². The predicted octanol–water partition coefficient (Wildman–Crippen LogP) is 1.94. The molecule has 0 saturated carbocycles. The zero-order valence-electron chi connectivity index (χ0n) is 13.2. The third kappa shape index (κ3) is 3.41. The van der Waals surface area contributed by atoms with Crippen LogP contribution in [-0.4, -0.2) is 40.3 Å². The third-order valence-corrected chi connectivity index (χ3v) is 3.50. The van der Waals surface area contributed by atoms with Gasteiger partial charge in [0.25, 0.3) is 5.91 Å². The van der Waals surface area contributed by atoms with Crippen LogP contribution in [0.3, 0.4) is 0 Å². The van der Waals surface area contributed by atoms with Crippen molar-refractivity contribution in [3.63, 3.8) is 0 Å². The number of nitro groups is 1. The first kappa shape index (κ1) is 16.7. The smallest absolute Gasteiger partial charge is 0.311 e. The topological polar surface area (TPSA) is 102 Å². The van der Waals surface area contributed by atoms with Gasteiger partial charge in [0.1, 0.15) is 6.04 Å². The number of imide groups is 1. The molecule has 1 saturated heterocycles. The zero-order valence-corrected chi connectivity index (χ0v) is 13.2. The maximum absolute atomic E-state index is 12.3. The second kappa shape index (κ2) is 6.64. The summed E-state index contributed by atoms with van der Waals surface area (Å²) in [5, 5.41) is 13.9. The Morgan fingerprint density at radius 2 is 2.13 bits per heavy atom. The molecule has 124 valence electrons. The molecule has 1 aromatic carbocycles. The fourth-order valence-corrected chi connectivity index (χ4v) is 2.53. The highest BCUT2D eigenvalue weighted by molar-refractivity contribution is 6.07. The Kier molecular flexibility index (Phi) is 4.83. The molecule has 23 heavy (non-hydrogen) atoms. The van der Waals surface area contributed by atoms with Gasteiger partial charge in [-0.3, -0.25) is 24.6 Å². The number of ether oxygens (including phenoxy) is 1. The lowest BCUT2D eigenvalue weighted by Crippen LogP contribution is -2.39. The summed E-state index contributed by atoms with van der Waals surface area (Å²) in [6.07, 6.45) is 0.0674. The van der Waals surface area contributed by atoms with Gasteiger partial charge in [-0.15, -0.1) is 0 Å². The first-order valence-corrected chi connectivity index (χ1v) is 7.38. The minimum atomic E-state index is -0.666. The zero-order chi connectivity index (χ0) is 17.1. The van der Waals surface area contributed by atoms with Crippen molar-refractivity contribution in [1.29, 1.82) is 0 Å². The number of nitro benzene ring substituents is 1. The highest BCUT2D eigenvalue weighted by Crippen LogP contribution is 2.31. The Morgan fingerprint density at radius 3 is 2.65 bits per heavy atom. The minimum Gasteiger partial charge on any atom is -0.487 e. The summed E-state index contributed by atoms with van der Waals surface area (Å²) >= 11 is 0. The highest BCUT2D eigenvalue weighted by Gasteiger charge is 2.39. The number of likely N-dealkylation sites (tertiary alicyclic amines) is 1. The van der Waals surface area contributed by atoms with Crippen LogP contribution in [0.15, 0.2) is 18.2 Å². The van der Waals surface area contributed by atoms with Gasteiger partial charge >= 0.3 is 5.69 Å². The van der Waals surface area contributed by atoms with Crippen molar-refractivity contribution < 1.29 is 19.2 Å². The monoisotopic (exact) mass is 321 g/mol.